The highest BCUT2D eigenvalue weighted by Crippen LogP contribution is 2.37. The summed E-state index contributed by atoms with van der Waals surface area (Å²) < 4.78 is 6.09. The van der Waals surface area contributed by atoms with Crippen LogP contribution in [0.25, 0.3) is 0 Å². The third-order valence-electron chi connectivity index (χ3n) is 8.32. The average molecular weight is 522 g/mol. The summed E-state index contributed by atoms with van der Waals surface area (Å²) in [6, 6.07) is 19.1. The number of nitrogens with one attached hydrogen (secondary N) is 3. The summed E-state index contributed by atoms with van der Waals surface area (Å²) in [5.41, 5.74) is 8.28. The van der Waals surface area contributed by atoms with Crippen LogP contribution in [0.2, 0.25) is 0 Å². The van der Waals surface area contributed by atoms with Gasteiger partial charge in [0, 0.05) is 13.2 Å². The Labute approximate surface area is 226 Å². The summed E-state index contributed by atoms with van der Waals surface area (Å²) in [5.74, 6) is -0.0217. The Hall–Kier alpha value is -2.78. The highest BCUT2D eigenvalue weighted by atomic mass is 16.5. The van der Waals surface area contributed by atoms with Gasteiger partial charge < -0.3 is 26.4 Å². The number of ether oxygens (including phenoxy) is 1. The molecule has 2 aliphatic rings. The first-order valence-corrected chi connectivity index (χ1v) is 13.9. The fourth-order valence-electron chi connectivity index (χ4n) is 6.25. The Morgan fingerprint density at radius 1 is 1.00 bits per heavy atom. The number of carbonyl (C=O) groups excluding carboxylic acids is 2. The number of rotatable bonds is 10. The van der Waals surface area contributed by atoms with Crippen molar-refractivity contribution in [3.8, 4) is 0 Å². The molecule has 4 rings (SSSR count). The Morgan fingerprint density at radius 2 is 1.61 bits per heavy atom. The van der Waals surface area contributed by atoms with E-state index in [1.807, 2.05) is 67.6 Å². The van der Waals surface area contributed by atoms with E-state index in [1.165, 1.54) is 0 Å². The van der Waals surface area contributed by atoms with Crippen molar-refractivity contribution in [1.29, 1.82) is 0 Å². The molecule has 0 spiro atoms. The highest BCUT2D eigenvalue weighted by molar-refractivity contribution is 5.83. The van der Waals surface area contributed by atoms with Crippen LogP contribution in [0.5, 0.6) is 0 Å². The summed E-state index contributed by atoms with van der Waals surface area (Å²) >= 11 is 0. The molecule has 5 N–H and O–H groups in total. The highest BCUT2D eigenvalue weighted by Gasteiger charge is 2.49. The van der Waals surface area contributed by atoms with Crippen molar-refractivity contribution in [2.75, 3.05) is 20.7 Å². The van der Waals surface area contributed by atoms with Crippen LogP contribution < -0.4 is 21.7 Å². The predicted molar refractivity (Wildman–Crippen MR) is 149 cm³/mol. The molecule has 6 atom stereocenters. The quantitative estimate of drug-likeness (QED) is 0.383. The van der Waals surface area contributed by atoms with E-state index < -0.39 is 6.23 Å². The normalized spacial score (nSPS) is 26.4. The van der Waals surface area contributed by atoms with E-state index in [0.29, 0.717) is 13.0 Å². The second-order valence-electron chi connectivity index (χ2n) is 10.4. The number of hydrogen-bond acceptors (Lipinski definition) is 6. The van der Waals surface area contributed by atoms with Crippen molar-refractivity contribution in [2.24, 2.45) is 11.7 Å². The van der Waals surface area contributed by atoms with Gasteiger partial charge in [0.25, 0.3) is 0 Å². The molecule has 2 aliphatic heterocycles. The van der Waals surface area contributed by atoms with Gasteiger partial charge in [-0.05, 0) is 62.7 Å². The minimum atomic E-state index is -0.445. The lowest BCUT2D eigenvalue weighted by Crippen LogP contribution is -2.61. The maximum Gasteiger partial charge on any atom is 0.238 e. The number of carbonyl (C=O) groups is 2. The van der Waals surface area contributed by atoms with Gasteiger partial charge in [0.2, 0.25) is 11.8 Å². The Kier molecular flexibility index (Phi) is 9.91. The van der Waals surface area contributed by atoms with E-state index in [0.717, 1.165) is 36.8 Å². The van der Waals surface area contributed by atoms with Gasteiger partial charge in [-0.15, -0.1) is 0 Å². The molecule has 8 nitrogen and oxygen atoms in total. The fraction of sp³-hybridized carbons (Fsp3) is 0.533. The van der Waals surface area contributed by atoms with Gasteiger partial charge in [0.15, 0.2) is 0 Å². The van der Waals surface area contributed by atoms with E-state index in [4.69, 9.17) is 10.5 Å². The van der Waals surface area contributed by atoms with Crippen LogP contribution in [-0.4, -0.2) is 67.8 Å². The first kappa shape index (κ1) is 28.2. The first-order valence-electron chi connectivity index (χ1n) is 13.9. The maximum absolute atomic E-state index is 14.0. The van der Waals surface area contributed by atoms with E-state index in [1.54, 1.807) is 14.2 Å². The zero-order valence-electron chi connectivity index (χ0n) is 22.8. The van der Waals surface area contributed by atoms with E-state index in [2.05, 4.69) is 20.9 Å². The summed E-state index contributed by atoms with van der Waals surface area (Å²) in [6.07, 6.45) is 3.68. The molecule has 2 fully saturated rings. The molecular weight excluding hydrogens is 478 g/mol. The Balaban J connectivity index is 1.60. The first-order chi connectivity index (χ1) is 18.5. The topological polar surface area (TPSA) is 109 Å². The largest absolute Gasteiger partial charge is 0.364 e. The third kappa shape index (κ3) is 6.10. The van der Waals surface area contributed by atoms with Crippen molar-refractivity contribution in [3.63, 3.8) is 0 Å². The minimum absolute atomic E-state index is 0.0230. The molecule has 2 heterocycles. The van der Waals surface area contributed by atoms with E-state index >= 15 is 0 Å². The lowest BCUT2D eigenvalue weighted by Gasteiger charge is -2.40. The van der Waals surface area contributed by atoms with Crippen molar-refractivity contribution in [2.45, 2.75) is 75.5 Å². The van der Waals surface area contributed by atoms with Crippen LogP contribution >= 0.6 is 0 Å². The molecule has 2 amide bonds. The molecule has 2 saturated heterocycles. The summed E-state index contributed by atoms with van der Waals surface area (Å²) in [4.78, 5) is 29.3. The third-order valence-corrected chi connectivity index (χ3v) is 8.32. The second kappa shape index (κ2) is 13.3. The van der Waals surface area contributed by atoms with Gasteiger partial charge in [0.05, 0.1) is 24.2 Å². The molecular formula is C30H43N5O3. The van der Waals surface area contributed by atoms with E-state index in [-0.39, 0.29) is 47.9 Å². The van der Waals surface area contributed by atoms with Crippen LogP contribution in [0.4, 0.5) is 0 Å². The summed E-state index contributed by atoms with van der Waals surface area (Å²) in [5, 5.41) is 9.68. The molecule has 1 unspecified atom stereocenters. The minimum Gasteiger partial charge on any atom is -0.364 e. The SMILES string of the molecule is CC[C@H](NC)C(=O)N[C@@H]1C(OC)N2[C@@H](CC[C@@H]1CN)CC[C@H]2C(=O)NC(c1ccccc1)c1ccccc1. The molecule has 38 heavy (non-hydrogen) atoms. The molecule has 0 bridgehead atoms. The van der Waals surface area contributed by atoms with Gasteiger partial charge in [-0.1, -0.05) is 67.6 Å². The van der Waals surface area contributed by atoms with Gasteiger partial charge in [-0.3, -0.25) is 14.5 Å². The molecule has 2 aromatic carbocycles. The lowest BCUT2D eigenvalue weighted by molar-refractivity contribution is -0.138. The Bertz CT molecular complexity index is 993. The van der Waals surface area contributed by atoms with Crippen molar-refractivity contribution in [1.82, 2.24) is 20.9 Å². The van der Waals surface area contributed by atoms with Crippen molar-refractivity contribution >= 4 is 11.8 Å². The number of nitrogens with zero attached hydrogens (tertiary/aromatic N) is 1. The lowest BCUT2D eigenvalue weighted by atomic mass is 9.92. The van der Waals surface area contributed by atoms with Gasteiger partial charge in [0.1, 0.15) is 6.23 Å². The number of benzene rings is 2. The predicted octanol–water partition coefficient (Wildman–Crippen LogP) is 2.55. The number of fused-ring (bicyclic) bond motifs is 1. The number of amides is 2. The molecule has 0 radical (unpaired) electrons. The molecule has 2 aromatic rings. The number of nitrogens with two attached hydrogens (primary N) is 1. The van der Waals surface area contributed by atoms with Crippen LogP contribution in [0.15, 0.2) is 60.7 Å². The van der Waals surface area contributed by atoms with Gasteiger partial charge in [-0.25, -0.2) is 0 Å². The summed E-state index contributed by atoms with van der Waals surface area (Å²) in [7, 11) is 3.46. The Morgan fingerprint density at radius 3 is 2.13 bits per heavy atom. The number of methoxy groups -OCH3 is 1. The smallest absolute Gasteiger partial charge is 0.238 e. The maximum atomic E-state index is 14.0. The number of likely N-dealkylation sites (N-methyl/N-ethyl adjacent to an activating group) is 1. The van der Waals surface area contributed by atoms with Gasteiger partial charge >= 0.3 is 0 Å². The van der Waals surface area contributed by atoms with Crippen LogP contribution in [0.3, 0.4) is 0 Å². The van der Waals surface area contributed by atoms with Crippen LogP contribution in [-0.2, 0) is 14.3 Å². The van der Waals surface area contributed by atoms with Crippen LogP contribution in [0.1, 0.15) is 56.2 Å². The summed E-state index contributed by atoms with van der Waals surface area (Å²) in [6.45, 7) is 2.43. The monoisotopic (exact) mass is 521 g/mol. The number of hydrogen-bond donors (Lipinski definition) is 4. The molecule has 0 saturated carbocycles. The molecule has 0 aromatic heterocycles. The molecule has 8 heteroatoms. The van der Waals surface area contributed by atoms with Crippen molar-refractivity contribution < 1.29 is 14.3 Å². The van der Waals surface area contributed by atoms with Crippen molar-refractivity contribution in [3.05, 3.63) is 71.8 Å². The fourth-order valence-corrected chi connectivity index (χ4v) is 6.25. The molecule has 206 valence electrons. The van der Waals surface area contributed by atoms with Crippen LogP contribution in [0, 0.1) is 5.92 Å². The standard InChI is InChI=1S/C30H43N5O3/c1-4-24(32-2)28(36)34-27-22(19-31)15-16-23-17-18-25(35(23)30(27)38-3)29(37)33-26(20-11-7-5-8-12-20)21-13-9-6-10-14-21/h5-14,22-27,30,32H,4,15-19,31H2,1-3H3,(H,33,37)(H,34,36)/t22-,23+,24+,25+,27+,30?/m1/s1. The zero-order valence-corrected chi connectivity index (χ0v) is 22.8. The van der Waals surface area contributed by atoms with E-state index in [9.17, 15) is 9.59 Å². The average Bonchev–Trinajstić information content (AvgIpc) is 3.31. The zero-order chi connectivity index (χ0) is 27.1. The molecule has 0 aliphatic carbocycles. The second-order valence-corrected chi connectivity index (χ2v) is 10.4. The van der Waals surface area contributed by atoms with Gasteiger partial charge in [-0.2, -0.15) is 0 Å².